The lowest BCUT2D eigenvalue weighted by atomic mass is 10.0. The summed E-state index contributed by atoms with van der Waals surface area (Å²) in [4.78, 5) is 29.6. The third-order valence-electron chi connectivity index (χ3n) is 7.25. The van der Waals surface area contributed by atoms with Crippen LogP contribution < -0.4 is 9.62 Å². The molecule has 0 fully saturated rings. The van der Waals surface area contributed by atoms with Gasteiger partial charge in [-0.3, -0.25) is 13.9 Å². The van der Waals surface area contributed by atoms with E-state index in [0.29, 0.717) is 12.1 Å². The lowest BCUT2D eigenvalue weighted by Gasteiger charge is -2.34. The summed E-state index contributed by atoms with van der Waals surface area (Å²) in [6.45, 7) is 9.62. The van der Waals surface area contributed by atoms with Crippen LogP contribution in [0.1, 0.15) is 62.3 Å². The number of carbonyl (C=O) groups excluding carboxylic acids is 2. The van der Waals surface area contributed by atoms with Crippen molar-refractivity contribution in [3.05, 3.63) is 101 Å². The van der Waals surface area contributed by atoms with Crippen LogP contribution in [0.2, 0.25) is 0 Å². The van der Waals surface area contributed by atoms with Crippen LogP contribution in [-0.4, -0.2) is 50.0 Å². The highest BCUT2D eigenvalue weighted by Crippen LogP contribution is 2.29. The van der Waals surface area contributed by atoms with Gasteiger partial charge in [-0.25, -0.2) is 8.42 Å². The van der Waals surface area contributed by atoms with Crippen molar-refractivity contribution in [3.8, 4) is 0 Å². The second-order valence-corrected chi connectivity index (χ2v) is 12.9. The van der Waals surface area contributed by atoms with Gasteiger partial charge in [0.05, 0.1) is 11.9 Å². The predicted molar refractivity (Wildman–Crippen MR) is 166 cm³/mol. The Morgan fingerprint density at radius 3 is 2.05 bits per heavy atom. The molecule has 2 amide bonds. The second kappa shape index (κ2) is 14.3. The Kier molecular flexibility index (Phi) is 11.1. The molecular formula is C33H43N3O4S. The molecule has 7 nitrogen and oxygen atoms in total. The summed E-state index contributed by atoms with van der Waals surface area (Å²) in [5, 5.41) is 3.05. The van der Waals surface area contributed by atoms with Gasteiger partial charge in [0.1, 0.15) is 12.6 Å². The quantitative estimate of drug-likeness (QED) is 0.293. The molecular weight excluding hydrogens is 534 g/mol. The maximum absolute atomic E-state index is 14.3. The van der Waals surface area contributed by atoms with Crippen molar-refractivity contribution in [3.63, 3.8) is 0 Å². The Bertz CT molecular complexity index is 1410. The van der Waals surface area contributed by atoms with Crippen molar-refractivity contribution in [2.45, 2.75) is 72.0 Å². The number of carbonyl (C=O) groups is 2. The molecule has 0 aromatic heterocycles. The van der Waals surface area contributed by atoms with E-state index in [1.807, 2.05) is 101 Å². The molecule has 0 heterocycles. The van der Waals surface area contributed by atoms with Crippen LogP contribution in [0.15, 0.2) is 78.9 Å². The fourth-order valence-corrected chi connectivity index (χ4v) is 5.55. The van der Waals surface area contributed by atoms with Gasteiger partial charge in [0.25, 0.3) is 0 Å². The van der Waals surface area contributed by atoms with Crippen LogP contribution in [0.3, 0.4) is 0 Å². The zero-order chi connectivity index (χ0) is 30.2. The summed E-state index contributed by atoms with van der Waals surface area (Å²) < 4.78 is 27.4. The van der Waals surface area contributed by atoms with Gasteiger partial charge >= 0.3 is 0 Å². The van der Waals surface area contributed by atoms with Gasteiger partial charge in [0, 0.05) is 19.0 Å². The van der Waals surface area contributed by atoms with Gasteiger partial charge < -0.3 is 10.2 Å². The van der Waals surface area contributed by atoms with Crippen molar-refractivity contribution < 1.29 is 18.0 Å². The Balaban J connectivity index is 2.09. The minimum absolute atomic E-state index is 0.0429. The molecule has 41 heavy (non-hydrogen) atoms. The molecule has 0 aliphatic heterocycles. The van der Waals surface area contributed by atoms with Gasteiger partial charge in [-0.1, -0.05) is 99.1 Å². The SMILES string of the molecule is CC[C@@H](C)NC(=O)[C@H](Cc1ccccc1)N(Cc1ccc(C)cc1)C(=O)CN(c1ccccc1C(C)C)S(C)(=O)=O. The summed E-state index contributed by atoms with van der Waals surface area (Å²) in [6.07, 6.45) is 2.14. The summed E-state index contributed by atoms with van der Waals surface area (Å²) in [5.74, 6) is -0.673. The first kappa shape index (κ1) is 31.9. The normalized spacial score (nSPS) is 13.0. The van der Waals surface area contributed by atoms with Crippen LogP contribution in [0.5, 0.6) is 0 Å². The number of aryl methyl sites for hydroxylation is 1. The first-order valence-corrected chi connectivity index (χ1v) is 16.0. The molecule has 1 N–H and O–H groups in total. The molecule has 0 radical (unpaired) electrons. The molecule has 0 spiro atoms. The highest BCUT2D eigenvalue weighted by Gasteiger charge is 2.34. The van der Waals surface area contributed by atoms with Crippen LogP contribution in [0.25, 0.3) is 0 Å². The average molecular weight is 578 g/mol. The Labute approximate surface area is 245 Å². The molecule has 2 atom stereocenters. The minimum atomic E-state index is -3.82. The zero-order valence-electron chi connectivity index (χ0n) is 25.0. The molecule has 0 bridgehead atoms. The molecule has 3 aromatic carbocycles. The van der Waals surface area contributed by atoms with Gasteiger partial charge in [0.2, 0.25) is 21.8 Å². The fraction of sp³-hybridized carbons (Fsp3) is 0.394. The van der Waals surface area contributed by atoms with E-state index >= 15 is 0 Å². The topological polar surface area (TPSA) is 86.8 Å². The van der Waals surface area contributed by atoms with E-state index in [1.165, 1.54) is 9.21 Å². The molecule has 220 valence electrons. The number of nitrogens with zero attached hydrogens (tertiary/aromatic N) is 2. The number of sulfonamides is 1. The zero-order valence-corrected chi connectivity index (χ0v) is 25.8. The minimum Gasteiger partial charge on any atom is -0.352 e. The van der Waals surface area contributed by atoms with E-state index in [0.717, 1.165) is 34.9 Å². The van der Waals surface area contributed by atoms with E-state index < -0.39 is 28.5 Å². The number of hydrogen-bond donors (Lipinski definition) is 1. The number of anilines is 1. The highest BCUT2D eigenvalue weighted by atomic mass is 32.2. The number of benzene rings is 3. The molecule has 0 aliphatic carbocycles. The Hall–Kier alpha value is -3.65. The highest BCUT2D eigenvalue weighted by molar-refractivity contribution is 7.92. The molecule has 3 aromatic rings. The number of hydrogen-bond acceptors (Lipinski definition) is 4. The van der Waals surface area contributed by atoms with Crippen molar-refractivity contribution in [2.75, 3.05) is 17.1 Å². The maximum atomic E-state index is 14.3. The molecule has 0 unspecified atom stereocenters. The number of nitrogens with one attached hydrogen (secondary N) is 1. The number of rotatable bonds is 13. The number of para-hydroxylation sites is 1. The molecule has 0 saturated heterocycles. The summed E-state index contributed by atoms with van der Waals surface area (Å²) in [5.41, 5.74) is 4.13. The first-order valence-electron chi connectivity index (χ1n) is 14.2. The van der Waals surface area contributed by atoms with Crippen molar-refractivity contribution in [1.29, 1.82) is 0 Å². The van der Waals surface area contributed by atoms with Gasteiger partial charge in [-0.05, 0) is 48.9 Å². The molecule has 3 rings (SSSR count). The van der Waals surface area contributed by atoms with E-state index in [9.17, 15) is 18.0 Å². The number of amides is 2. The molecule has 0 saturated carbocycles. The van der Waals surface area contributed by atoms with E-state index in [4.69, 9.17) is 0 Å². The van der Waals surface area contributed by atoms with Gasteiger partial charge in [0.15, 0.2) is 0 Å². The van der Waals surface area contributed by atoms with Crippen molar-refractivity contribution in [1.82, 2.24) is 10.2 Å². The maximum Gasteiger partial charge on any atom is 0.244 e. The fourth-order valence-electron chi connectivity index (χ4n) is 4.68. The monoisotopic (exact) mass is 577 g/mol. The van der Waals surface area contributed by atoms with Crippen LogP contribution in [0, 0.1) is 6.92 Å². The van der Waals surface area contributed by atoms with Crippen molar-refractivity contribution >= 4 is 27.5 Å². The molecule has 8 heteroatoms. The smallest absolute Gasteiger partial charge is 0.244 e. The molecule has 0 aliphatic rings. The van der Waals surface area contributed by atoms with Gasteiger partial charge in [-0.2, -0.15) is 0 Å². The second-order valence-electron chi connectivity index (χ2n) is 11.0. The van der Waals surface area contributed by atoms with Crippen molar-refractivity contribution in [2.24, 2.45) is 0 Å². The standard InChI is InChI=1S/C33H43N3O4S/c1-7-26(5)34-33(38)31(21-27-13-9-8-10-14-27)35(22-28-19-17-25(4)18-20-28)32(37)23-36(41(6,39)40)30-16-12-11-15-29(30)24(2)3/h8-20,24,26,31H,7,21-23H2,1-6H3,(H,34,38)/t26-,31+/m1/s1. The Morgan fingerprint density at radius 1 is 0.854 bits per heavy atom. The lowest BCUT2D eigenvalue weighted by molar-refractivity contribution is -0.140. The van der Waals surface area contributed by atoms with Crippen LogP contribution in [0.4, 0.5) is 5.69 Å². The average Bonchev–Trinajstić information content (AvgIpc) is 2.94. The third-order valence-corrected chi connectivity index (χ3v) is 8.38. The van der Waals surface area contributed by atoms with Gasteiger partial charge in [-0.15, -0.1) is 0 Å². The third kappa shape index (κ3) is 8.92. The predicted octanol–water partition coefficient (Wildman–Crippen LogP) is 5.44. The summed E-state index contributed by atoms with van der Waals surface area (Å²) in [7, 11) is -3.82. The lowest BCUT2D eigenvalue weighted by Crippen LogP contribution is -2.54. The Morgan fingerprint density at radius 2 is 1.46 bits per heavy atom. The van der Waals surface area contributed by atoms with E-state index in [-0.39, 0.29) is 24.4 Å². The largest absolute Gasteiger partial charge is 0.352 e. The van der Waals surface area contributed by atoms with E-state index in [1.54, 1.807) is 12.1 Å². The first-order chi connectivity index (χ1) is 19.4. The van der Waals surface area contributed by atoms with Crippen LogP contribution >= 0.6 is 0 Å². The summed E-state index contributed by atoms with van der Waals surface area (Å²) >= 11 is 0. The van der Waals surface area contributed by atoms with E-state index in [2.05, 4.69) is 5.32 Å². The summed E-state index contributed by atoms with van der Waals surface area (Å²) in [6, 6.07) is 23.7. The van der Waals surface area contributed by atoms with Crippen LogP contribution in [-0.2, 0) is 32.6 Å².